The third-order valence-electron chi connectivity index (χ3n) is 3.58. The normalized spacial score (nSPS) is 12.3. The summed E-state index contributed by atoms with van der Waals surface area (Å²) in [5.41, 5.74) is 9.89. The number of hydrogen-bond donors (Lipinski definition) is 1. The van der Waals surface area contributed by atoms with Gasteiger partial charge in [0.2, 0.25) is 0 Å². The van der Waals surface area contributed by atoms with Gasteiger partial charge in [0, 0.05) is 11.5 Å². The summed E-state index contributed by atoms with van der Waals surface area (Å²) in [5.74, 6) is 0.447. The van der Waals surface area contributed by atoms with Crippen LogP contribution in [0.4, 0.5) is 17.2 Å². The molecule has 0 spiro atoms. The molecule has 6 heteroatoms. The van der Waals surface area contributed by atoms with Gasteiger partial charge in [-0.05, 0) is 19.1 Å². The first-order valence-electron chi connectivity index (χ1n) is 7.49. The van der Waals surface area contributed by atoms with E-state index in [0.29, 0.717) is 11.5 Å². The van der Waals surface area contributed by atoms with Crippen molar-refractivity contribution in [2.24, 2.45) is 10.2 Å². The van der Waals surface area contributed by atoms with Gasteiger partial charge in [-0.2, -0.15) is 14.7 Å². The van der Waals surface area contributed by atoms with Crippen LogP contribution in [0.25, 0.3) is 5.65 Å². The van der Waals surface area contributed by atoms with Crippen LogP contribution in [0.5, 0.6) is 0 Å². The summed E-state index contributed by atoms with van der Waals surface area (Å²) in [6, 6.07) is 11.5. The van der Waals surface area contributed by atoms with E-state index in [0.717, 1.165) is 22.7 Å². The van der Waals surface area contributed by atoms with Crippen LogP contribution in [0.3, 0.4) is 0 Å². The minimum Gasteiger partial charge on any atom is -0.382 e. The average molecular weight is 308 g/mol. The Morgan fingerprint density at radius 3 is 2.43 bits per heavy atom. The summed E-state index contributed by atoms with van der Waals surface area (Å²) in [6.45, 7) is 8.19. The number of fused-ring (bicyclic) bond motifs is 1. The van der Waals surface area contributed by atoms with Crippen molar-refractivity contribution >= 4 is 22.8 Å². The third kappa shape index (κ3) is 2.92. The van der Waals surface area contributed by atoms with Gasteiger partial charge < -0.3 is 5.73 Å². The van der Waals surface area contributed by atoms with Crippen molar-refractivity contribution < 1.29 is 0 Å². The van der Waals surface area contributed by atoms with Gasteiger partial charge in [-0.25, -0.2) is 4.98 Å². The maximum Gasteiger partial charge on any atom is 0.158 e. The molecule has 0 aliphatic heterocycles. The minimum atomic E-state index is -0.0697. The van der Waals surface area contributed by atoms with E-state index in [1.165, 1.54) is 0 Å². The van der Waals surface area contributed by atoms with Crippen LogP contribution in [0.2, 0.25) is 0 Å². The highest BCUT2D eigenvalue weighted by molar-refractivity contribution is 5.65. The van der Waals surface area contributed by atoms with Crippen LogP contribution in [-0.2, 0) is 5.41 Å². The number of aromatic nitrogens is 3. The molecule has 1 aromatic carbocycles. The molecule has 0 radical (unpaired) electrons. The van der Waals surface area contributed by atoms with Gasteiger partial charge in [-0.3, -0.25) is 0 Å². The van der Waals surface area contributed by atoms with Gasteiger partial charge in [-0.1, -0.05) is 39.0 Å². The molecule has 2 N–H and O–H groups in total. The zero-order valence-corrected chi connectivity index (χ0v) is 13.8. The molecule has 0 saturated carbocycles. The van der Waals surface area contributed by atoms with E-state index in [2.05, 4.69) is 41.1 Å². The highest BCUT2D eigenvalue weighted by Gasteiger charge is 2.20. The molecule has 0 unspecified atom stereocenters. The zero-order valence-electron chi connectivity index (χ0n) is 13.8. The maximum absolute atomic E-state index is 6.25. The first-order chi connectivity index (χ1) is 10.9. The molecular weight excluding hydrogens is 288 g/mol. The van der Waals surface area contributed by atoms with Crippen molar-refractivity contribution in [2.75, 3.05) is 5.73 Å². The SMILES string of the molecule is Cc1nc2cc(C(C)(C)C)nn2c(N)c1N=Nc1ccccc1. The van der Waals surface area contributed by atoms with Crippen LogP contribution >= 0.6 is 0 Å². The average Bonchev–Trinajstić information content (AvgIpc) is 2.92. The lowest BCUT2D eigenvalue weighted by Crippen LogP contribution is -2.12. The molecule has 0 fully saturated rings. The Kier molecular flexibility index (Phi) is 3.60. The number of azo groups is 1. The Morgan fingerprint density at radius 2 is 1.78 bits per heavy atom. The van der Waals surface area contributed by atoms with Gasteiger partial charge >= 0.3 is 0 Å². The molecule has 3 rings (SSSR count). The van der Waals surface area contributed by atoms with Gasteiger partial charge in [0.15, 0.2) is 11.5 Å². The Balaban J connectivity index is 2.09. The molecule has 2 heterocycles. The van der Waals surface area contributed by atoms with Crippen LogP contribution in [0.1, 0.15) is 32.2 Å². The van der Waals surface area contributed by atoms with E-state index >= 15 is 0 Å². The van der Waals surface area contributed by atoms with Crippen molar-refractivity contribution in [1.29, 1.82) is 0 Å². The van der Waals surface area contributed by atoms with Crippen molar-refractivity contribution in [3.63, 3.8) is 0 Å². The van der Waals surface area contributed by atoms with E-state index in [1.807, 2.05) is 43.3 Å². The molecule has 6 nitrogen and oxygen atoms in total. The van der Waals surface area contributed by atoms with Gasteiger partial charge in [0.1, 0.15) is 5.69 Å². The third-order valence-corrected chi connectivity index (χ3v) is 3.58. The molecular formula is C17H20N6. The highest BCUT2D eigenvalue weighted by Crippen LogP contribution is 2.30. The molecule has 0 aliphatic carbocycles. The van der Waals surface area contributed by atoms with Crippen molar-refractivity contribution in [2.45, 2.75) is 33.1 Å². The number of nitrogen functional groups attached to an aromatic ring is 1. The van der Waals surface area contributed by atoms with Gasteiger partial charge in [0.05, 0.1) is 17.1 Å². The lowest BCUT2D eigenvalue weighted by molar-refractivity contribution is 0.563. The van der Waals surface area contributed by atoms with E-state index in [9.17, 15) is 0 Å². The van der Waals surface area contributed by atoms with Gasteiger partial charge in [0.25, 0.3) is 0 Å². The Hall–Kier alpha value is -2.76. The largest absolute Gasteiger partial charge is 0.382 e. The fourth-order valence-electron chi connectivity index (χ4n) is 2.23. The monoisotopic (exact) mass is 308 g/mol. The smallest absolute Gasteiger partial charge is 0.158 e. The van der Waals surface area contributed by atoms with Crippen LogP contribution in [0.15, 0.2) is 46.6 Å². The maximum atomic E-state index is 6.25. The van der Waals surface area contributed by atoms with E-state index in [-0.39, 0.29) is 5.41 Å². The summed E-state index contributed by atoms with van der Waals surface area (Å²) >= 11 is 0. The Bertz CT molecular complexity index is 871. The quantitative estimate of drug-likeness (QED) is 0.715. The molecule has 2 aromatic heterocycles. The predicted molar refractivity (Wildman–Crippen MR) is 91.5 cm³/mol. The van der Waals surface area contributed by atoms with Gasteiger partial charge in [-0.15, -0.1) is 5.11 Å². The number of benzene rings is 1. The molecule has 23 heavy (non-hydrogen) atoms. The second-order valence-corrected chi connectivity index (χ2v) is 6.52. The number of nitrogens with two attached hydrogens (primary N) is 1. The van der Waals surface area contributed by atoms with Crippen molar-refractivity contribution in [3.8, 4) is 0 Å². The van der Waals surface area contributed by atoms with Crippen LogP contribution in [-0.4, -0.2) is 14.6 Å². The predicted octanol–water partition coefficient (Wildman–Crippen LogP) is 4.33. The summed E-state index contributed by atoms with van der Waals surface area (Å²) in [5, 5.41) is 13.1. The summed E-state index contributed by atoms with van der Waals surface area (Å²) in [6.07, 6.45) is 0. The number of nitrogens with zero attached hydrogens (tertiary/aromatic N) is 5. The number of hydrogen-bond acceptors (Lipinski definition) is 5. The molecule has 3 aromatic rings. The standard InChI is InChI=1S/C17H20N6/c1-11-15(21-20-12-8-6-5-7-9-12)16(18)23-14(19-11)10-13(22-23)17(2,3)4/h5-10H,18H2,1-4H3. The molecule has 0 aliphatic rings. The Labute approximate surface area is 135 Å². The fraction of sp³-hybridized carbons (Fsp3) is 0.294. The summed E-state index contributed by atoms with van der Waals surface area (Å²) in [4.78, 5) is 4.55. The Morgan fingerprint density at radius 1 is 1.09 bits per heavy atom. The number of aryl methyl sites for hydroxylation is 1. The number of anilines is 1. The second kappa shape index (κ2) is 5.46. The highest BCUT2D eigenvalue weighted by atomic mass is 15.3. The lowest BCUT2D eigenvalue weighted by Gasteiger charge is -2.13. The molecule has 0 amide bonds. The van der Waals surface area contributed by atoms with Crippen LogP contribution < -0.4 is 5.73 Å². The first-order valence-corrected chi connectivity index (χ1v) is 7.49. The second-order valence-electron chi connectivity index (χ2n) is 6.52. The van der Waals surface area contributed by atoms with Crippen molar-refractivity contribution in [3.05, 3.63) is 47.8 Å². The minimum absolute atomic E-state index is 0.0697. The lowest BCUT2D eigenvalue weighted by atomic mass is 9.93. The van der Waals surface area contributed by atoms with Crippen LogP contribution in [0, 0.1) is 6.92 Å². The first kappa shape index (κ1) is 15.1. The molecule has 0 bridgehead atoms. The summed E-state index contributed by atoms with van der Waals surface area (Å²) < 4.78 is 1.63. The topological polar surface area (TPSA) is 80.9 Å². The molecule has 0 saturated heterocycles. The zero-order chi connectivity index (χ0) is 16.6. The molecule has 0 atom stereocenters. The van der Waals surface area contributed by atoms with E-state index in [1.54, 1.807) is 4.52 Å². The van der Waals surface area contributed by atoms with E-state index < -0.39 is 0 Å². The number of rotatable bonds is 2. The fourth-order valence-corrected chi connectivity index (χ4v) is 2.23. The van der Waals surface area contributed by atoms with E-state index in [4.69, 9.17) is 5.73 Å². The molecule has 118 valence electrons. The van der Waals surface area contributed by atoms with Crippen molar-refractivity contribution in [1.82, 2.24) is 14.6 Å². The summed E-state index contributed by atoms with van der Waals surface area (Å²) in [7, 11) is 0.